The Labute approximate surface area is 235 Å². The quantitative estimate of drug-likeness (QED) is 0.148. The van der Waals surface area contributed by atoms with E-state index in [1.165, 1.54) is 36.1 Å². The summed E-state index contributed by atoms with van der Waals surface area (Å²) in [7, 11) is -2.51. The van der Waals surface area contributed by atoms with Crippen molar-refractivity contribution in [1.82, 2.24) is 0 Å². The molecule has 2 aliphatic rings. The third kappa shape index (κ3) is 5.12. The number of nitrogens with zero attached hydrogens (tertiary/aromatic N) is 1. The minimum Gasteiger partial charge on any atom is -0.493 e. The van der Waals surface area contributed by atoms with Crippen molar-refractivity contribution < 1.29 is 17.3 Å². The van der Waals surface area contributed by atoms with E-state index in [1.54, 1.807) is 36.5 Å². The van der Waals surface area contributed by atoms with E-state index in [0.717, 1.165) is 23.2 Å². The van der Waals surface area contributed by atoms with Gasteiger partial charge < -0.3 is 14.2 Å². The van der Waals surface area contributed by atoms with Crippen molar-refractivity contribution in [3.05, 3.63) is 125 Å². The molecule has 0 saturated heterocycles. The average Bonchev–Trinajstić information content (AvgIpc) is 3.47. The number of anilines is 1. The molecule has 0 amide bonds. The van der Waals surface area contributed by atoms with Crippen LogP contribution in [-0.4, -0.2) is 21.7 Å². The lowest BCUT2D eigenvalue weighted by atomic mass is 9.77. The molecule has 6 rings (SSSR count). The molecule has 0 aromatic heterocycles. The summed E-state index contributed by atoms with van der Waals surface area (Å²) in [6, 6.07) is 28.7. The summed E-state index contributed by atoms with van der Waals surface area (Å²) >= 11 is 0. The Bertz CT molecular complexity index is 1690. The standard InChI is InChI=1S/C33H30N2O4S/c1-22-10-17-26(18-11-22)40(36,37)39-31-19-12-23(20-32(31)38-2)21-34-25-15-13-24(14-16-25)33-29-8-5-7-27(29)28-6-3-4-9-30(28)35-33/h3-7,9-21,27,29,33,35H,8H2,1-2H3/t27-,29-,33-/m0/s1. The van der Waals surface area contributed by atoms with E-state index >= 15 is 0 Å². The first kappa shape index (κ1) is 25.9. The van der Waals surface area contributed by atoms with Gasteiger partial charge in [-0.2, -0.15) is 8.42 Å². The third-order valence-corrected chi connectivity index (χ3v) is 8.83. The Morgan fingerprint density at radius 2 is 1.70 bits per heavy atom. The molecule has 202 valence electrons. The SMILES string of the molecule is COc1cc(C=Nc2ccc([C@@H]3Nc4ccccc4[C@@H]4C=CC[C@@H]43)cc2)ccc1OS(=O)(=O)c1ccc(C)cc1. The van der Waals surface area contributed by atoms with E-state index in [2.05, 4.69) is 58.9 Å². The van der Waals surface area contributed by atoms with E-state index in [0.29, 0.717) is 17.6 Å². The number of fused-ring (bicyclic) bond motifs is 3. The summed E-state index contributed by atoms with van der Waals surface area (Å²) in [6.07, 6.45) is 7.43. The van der Waals surface area contributed by atoms with Crippen LogP contribution in [0.1, 0.15) is 40.6 Å². The topological polar surface area (TPSA) is 77.0 Å². The Morgan fingerprint density at radius 3 is 2.48 bits per heavy atom. The molecule has 1 heterocycles. The smallest absolute Gasteiger partial charge is 0.339 e. The fourth-order valence-electron chi connectivity index (χ4n) is 5.49. The second-order valence-corrected chi connectivity index (χ2v) is 11.7. The van der Waals surface area contributed by atoms with Crippen LogP contribution in [0.5, 0.6) is 11.5 Å². The average molecular weight is 551 g/mol. The van der Waals surface area contributed by atoms with Crippen molar-refractivity contribution in [1.29, 1.82) is 0 Å². The van der Waals surface area contributed by atoms with Gasteiger partial charge in [0.05, 0.1) is 18.8 Å². The van der Waals surface area contributed by atoms with E-state index in [9.17, 15) is 8.42 Å². The van der Waals surface area contributed by atoms with Gasteiger partial charge in [-0.1, -0.05) is 60.2 Å². The Morgan fingerprint density at radius 1 is 0.925 bits per heavy atom. The largest absolute Gasteiger partial charge is 0.493 e. The molecule has 0 saturated carbocycles. The van der Waals surface area contributed by atoms with Crippen LogP contribution in [0.2, 0.25) is 0 Å². The number of benzene rings is 4. The van der Waals surface area contributed by atoms with Gasteiger partial charge in [0.15, 0.2) is 11.5 Å². The van der Waals surface area contributed by atoms with Gasteiger partial charge >= 0.3 is 10.1 Å². The number of aliphatic imine (C=N–C) groups is 1. The molecule has 1 aliphatic carbocycles. The third-order valence-electron chi connectivity index (χ3n) is 7.58. The zero-order valence-corrected chi connectivity index (χ0v) is 23.1. The predicted octanol–water partition coefficient (Wildman–Crippen LogP) is 7.35. The Balaban J connectivity index is 1.17. The Kier molecular flexibility index (Phi) is 6.90. The minimum atomic E-state index is -3.99. The molecular formula is C33H30N2O4S. The van der Waals surface area contributed by atoms with Crippen molar-refractivity contribution in [3.63, 3.8) is 0 Å². The molecule has 1 N–H and O–H groups in total. The molecule has 6 nitrogen and oxygen atoms in total. The lowest BCUT2D eigenvalue weighted by molar-refractivity contribution is 0.390. The van der Waals surface area contributed by atoms with Crippen LogP contribution in [0.25, 0.3) is 0 Å². The molecule has 3 atom stereocenters. The summed E-state index contributed by atoms with van der Waals surface area (Å²) in [5.41, 5.74) is 6.36. The summed E-state index contributed by atoms with van der Waals surface area (Å²) < 4.78 is 36.3. The fraction of sp³-hybridized carbons (Fsp3) is 0.182. The Hall–Kier alpha value is -4.36. The predicted molar refractivity (Wildman–Crippen MR) is 158 cm³/mol. The molecule has 7 heteroatoms. The van der Waals surface area contributed by atoms with Gasteiger partial charge in [-0.05, 0) is 84.5 Å². The van der Waals surface area contributed by atoms with Crippen LogP contribution in [0.3, 0.4) is 0 Å². The van der Waals surface area contributed by atoms with Gasteiger partial charge in [0.25, 0.3) is 0 Å². The van der Waals surface area contributed by atoms with Crippen LogP contribution >= 0.6 is 0 Å². The van der Waals surface area contributed by atoms with Gasteiger partial charge in [-0.25, -0.2) is 0 Å². The maximum atomic E-state index is 12.7. The first-order valence-electron chi connectivity index (χ1n) is 13.3. The number of methoxy groups -OCH3 is 1. The molecule has 0 spiro atoms. The van der Waals surface area contributed by atoms with Gasteiger partial charge in [0, 0.05) is 17.8 Å². The van der Waals surface area contributed by atoms with Gasteiger partial charge in [0.1, 0.15) is 4.90 Å². The van der Waals surface area contributed by atoms with Crippen molar-refractivity contribution in [2.75, 3.05) is 12.4 Å². The van der Waals surface area contributed by atoms with Gasteiger partial charge in [-0.3, -0.25) is 4.99 Å². The molecular weight excluding hydrogens is 520 g/mol. The molecule has 0 bridgehead atoms. The van der Waals surface area contributed by atoms with E-state index < -0.39 is 10.1 Å². The van der Waals surface area contributed by atoms with E-state index in [-0.39, 0.29) is 16.7 Å². The van der Waals surface area contributed by atoms with Crippen molar-refractivity contribution >= 4 is 27.7 Å². The number of aryl methyl sites for hydroxylation is 1. The molecule has 1 aliphatic heterocycles. The van der Waals surface area contributed by atoms with Crippen LogP contribution < -0.4 is 14.2 Å². The first-order valence-corrected chi connectivity index (χ1v) is 14.7. The van der Waals surface area contributed by atoms with Gasteiger partial charge in [-0.15, -0.1) is 0 Å². The maximum Gasteiger partial charge on any atom is 0.339 e. The molecule has 0 fully saturated rings. The summed E-state index contributed by atoms with van der Waals surface area (Å²) in [6.45, 7) is 1.89. The zero-order chi connectivity index (χ0) is 27.7. The highest BCUT2D eigenvalue weighted by Gasteiger charge is 2.37. The highest BCUT2D eigenvalue weighted by atomic mass is 32.2. The lowest BCUT2D eigenvalue weighted by Crippen LogP contribution is -2.28. The number of hydrogen-bond donors (Lipinski definition) is 1. The summed E-state index contributed by atoms with van der Waals surface area (Å²) in [5, 5.41) is 3.76. The summed E-state index contributed by atoms with van der Waals surface area (Å²) in [5.74, 6) is 1.35. The number of allylic oxidation sites excluding steroid dienone is 2. The van der Waals surface area contributed by atoms with Crippen LogP contribution in [0, 0.1) is 12.8 Å². The van der Waals surface area contributed by atoms with Crippen molar-refractivity contribution in [3.8, 4) is 11.5 Å². The van der Waals surface area contributed by atoms with Crippen LogP contribution in [0.15, 0.2) is 113 Å². The number of nitrogens with one attached hydrogen (secondary N) is 1. The zero-order valence-electron chi connectivity index (χ0n) is 22.3. The molecule has 0 unspecified atom stereocenters. The van der Waals surface area contributed by atoms with E-state index in [1.807, 2.05) is 19.1 Å². The molecule has 40 heavy (non-hydrogen) atoms. The molecule has 0 radical (unpaired) electrons. The normalized spacial score (nSPS) is 19.6. The maximum absolute atomic E-state index is 12.7. The lowest BCUT2D eigenvalue weighted by Gasteiger charge is -2.37. The number of rotatable bonds is 7. The highest BCUT2D eigenvalue weighted by Crippen LogP contribution is 2.49. The number of para-hydroxylation sites is 1. The minimum absolute atomic E-state index is 0.0848. The van der Waals surface area contributed by atoms with Gasteiger partial charge in [0.2, 0.25) is 0 Å². The number of hydrogen-bond acceptors (Lipinski definition) is 6. The van der Waals surface area contributed by atoms with Crippen LogP contribution in [-0.2, 0) is 10.1 Å². The van der Waals surface area contributed by atoms with Crippen molar-refractivity contribution in [2.24, 2.45) is 10.9 Å². The number of ether oxygens (including phenoxy) is 1. The molecule has 4 aromatic rings. The second kappa shape index (κ2) is 10.7. The fourth-order valence-corrected chi connectivity index (χ4v) is 6.43. The molecule has 4 aromatic carbocycles. The first-order chi connectivity index (χ1) is 19.4. The highest BCUT2D eigenvalue weighted by molar-refractivity contribution is 7.87. The van der Waals surface area contributed by atoms with Crippen LogP contribution in [0.4, 0.5) is 11.4 Å². The second-order valence-electron chi connectivity index (χ2n) is 10.2. The summed E-state index contributed by atoms with van der Waals surface area (Å²) in [4.78, 5) is 4.71. The van der Waals surface area contributed by atoms with E-state index in [4.69, 9.17) is 8.92 Å². The monoisotopic (exact) mass is 550 g/mol. The van der Waals surface area contributed by atoms with Crippen molar-refractivity contribution in [2.45, 2.75) is 30.2 Å².